The van der Waals surface area contributed by atoms with E-state index in [1.165, 1.54) is 17.8 Å². The minimum atomic E-state index is -4.23. The third-order valence-electron chi connectivity index (χ3n) is 5.20. The van der Waals surface area contributed by atoms with Crippen molar-refractivity contribution in [2.24, 2.45) is 0 Å². The fourth-order valence-corrected chi connectivity index (χ4v) is 4.32. The van der Waals surface area contributed by atoms with Crippen molar-refractivity contribution < 1.29 is 28.9 Å². The topological polar surface area (TPSA) is 198 Å². The number of hydrogen-bond donors (Lipinski definition) is 6. The first-order valence-electron chi connectivity index (χ1n) is 9.63. The average Bonchev–Trinajstić information content (AvgIpc) is 3.25. The Morgan fingerprint density at radius 2 is 2.12 bits per heavy atom. The number of H-pyrrole nitrogens is 1. The van der Waals surface area contributed by atoms with E-state index in [2.05, 4.69) is 20.0 Å². The average molecular weight is 466 g/mol. The molecule has 4 rings (SSSR count). The van der Waals surface area contributed by atoms with Gasteiger partial charge in [-0.2, -0.15) is 4.98 Å². The van der Waals surface area contributed by atoms with Crippen molar-refractivity contribution in [1.82, 2.24) is 24.6 Å². The number of benzene rings is 1. The highest BCUT2D eigenvalue weighted by Crippen LogP contribution is 2.42. The Morgan fingerprint density at radius 3 is 2.84 bits per heavy atom. The molecule has 0 bridgehead atoms. The molecular weight excluding hydrogens is 443 g/mol. The smallest absolute Gasteiger partial charge is 0.387 e. The van der Waals surface area contributed by atoms with Gasteiger partial charge in [-0.1, -0.05) is 30.3 Å². The van der Waals surface area contributed by atoms with Gasteiger partial charge in [-0.3, -0.25) is 18.9 Å². The molecule has 3 heterocycles. The lowest BCUT2D eigenvalue weighted by Crippen LogP contribution is -2.44. The van der Waals surface area contributed by atoms with Crippen molar-refractivity contribution in [2.45, 2.75) is 37.5 Å². The second-order valence-electron chi connectivity index (χ2n) is 7.61. The number of imidazole rings is 1. The first-order valence-corrected chi connectivity index (χ1v) is 11.2. The predicted octanol–water partition coefficient (Wildman–Crippen LogP) is -0.382. The molecule has 1 aliphatic heterocycles. The summed E-state index contributed by atoms with van der Waals surface area (Å²) < 4.78 is 24.4. The zero-order chi connectivity index (χ0) is 23.1. The molecule has 172 valence electrons. The summed E-state index contributed by atoms with van der Waals surface area (Å²) in [5.74, 6) is -0.159. The highest BCUT2D eigenvalue weighted by atomic mass is 31.2. The third-order valence-corrected chi connectivity index (χ3v) is 6.25. The van der Waals surface area contributed by atoms with Crippen molar-refractivity contribution in [2.75, 3.05) is 12.3 Å². The molecule has 0 radical (unpaired) electrons. The first kappa shape index (κ1) is 22.6. The number of hydrogen-bond acceptors (Lipinski definition) is 9. The molecule has 14 heteroatoms. The van der Waals surface area contributed by atoms with Crippen LogP contribution in [-0.4, -0.2) is 59.0 Å². The Labute approximate surface area is 181 Å². The molecule has 2 unspecified atom stereocenters. The quantitative estimate of drug-likeness (QED) is 0.248. The van der Waals surface area contributed by atoms with Crippen LogP contribution < -0.4 is 16.4 Å². The number of aliphatic hydroxyl groups is 2. The third kappa shape index (κ3) is 4.32. The van der Waals surface area contributed by atoms with Gasteiger partial charge in [0.25, 0.3) is 5.56 Å². The van der Waals surface area contributed by atoms with Crippen LogP contribution in [0, 0.1) is 0 Å². The summed E-state index contributed by atoms with van der Waals surface area (Å²) in [5.41, 5.74) is 3.95. The zero-order valence-corrected chi connectivity index (χ0v) is 17.8. The van der Waals surface area contributed by atoms with Gasteiger partial charge in [0, 0.05) is 6.54 Å². The van der Waals surface area contributed by atoms with Crippen LogP contribution in [-0.2, 0) is 20.4 Å². The molecule has 13 nitrogen and oxygen atoms in total. The van der Waals surface area contributed by atoms with E-state index in [1.807, 2.05) is 6.07 Å². The van der Waals surface area contributed by atoms with E-state index >= 15 is 0 Å². The molecule has 1 aromatic carbocycles. The second kappa shape index (κ2) is 8.37. The fraction of sp³-hybridized carbons (Fsp3) is 0.389. The molecule has 0 aliphatic carbocycles. The van der Waals surface area contributed by atoms with Crippen LogP contribution >= 0.6 is 7.75 Å². The Balaban J connectivity index is 1.48. The summed E-state index contributed by atoms with van der Waals surface area (Å²) in [4.78, 5) is 32.3. The van der Waals surface area contributed by atoms with E-state index in [0.29, 0.717) is 0 Å². The number of aromatic nitrogens is 4. The Kier molecular flexibility index (Phi) is 5.90. The Morgan fingerprint density at radius 1 is 1.41 bits per heavy atom. The Bertz CT molecular complexity index is 1210. The summed E-state index contributed by atoms with van der Waals surface area (Å²) in [7, 11) is -4.23. The number of nitrogens with zero attached hydrogens (tertiary/aromatic N) is 3. The van der Waals surface area contributed by atoms with Crippen LogP contribution in [0.1, 0.15) is 18.7 Å². The lowest BCUT2D eigenvalue weighted by Gasteiger charge is -2.27. The Hall–Kier alpha value is -2.64. The monoisotopic (exact) mass is 466 g/mol. The highest BCUT2D eigenvalue weighted by molar-refractivity contribution is 7.50. The summed E-state index contributed by atoms with van der Waals surface area (Å²) in [6, 6.07) is 8.96. The van der Waals surface area contributed by atoms with Gasteiger partial charge >= 0.3 is 7.75 Å². The summed E-state index contributed by atoms with van der Waals surface area (Å²) >= 11 is 0. The minimum absolute atomic E-state index is 0.0299. The highest BCUT2D eigenvalue weighted by Gasteiger charge is 2.54. The van der Waals surface area contributed by atoms with Gasteiger partial charge in [0.15, 0.2) is 17.4 Å². The van der Waals surface area contributed by atoms with Gasteiger partial charge in [0.2, 0.25) is 5.95 Å². The minimum Gasteiger partial charge on any atom is -0.387 e. The molecule has 32 heavy (non-hydrogen) atoms. The maximum Gasteiger partial charge on any atom is 0.403 e. The number of nitrogen functional groups attached to an aromatic ring is 1. The van der Waals surface area contributed by atoms with Crippen molar-refractivity contribution >= 4 is 24.9 Å². The predicted molar refractivity (Wildman–Crippen MR) is 112 cm³/mol. The summed E-state index contributed by atoms with van der Waals surface area (Å²) in [5, 5.41) is 23.9. The van der Waals surface area contributed by atoms with Crippen LogP contribution in [0.5, 0.6) is 0 Å². The molecule has 2 aromatic heterocycles. The molecular formula is C18H23N6O7P. The summed E-state index contributed by atoms with van der Waals surface area (Å²) in [6.07, 6.45) is -2.65. The zero-order valence-electron chi connectivity index (χ0n) is 17.0. The van der Waals surface area contributed by atoms with Crippen LogP contribution in [0.2, 0.25) is 0 Å². The molecule has 1 aliphatic rings. The van der Waals surface area contributed by atoms with Gasteiger partial charge in [-0.15, -0.1) is 0 Å². The maximum atomic E-state index is 12.3. The van der Waals surface area contributed by atoms with Gasteiger partial charge in [-0.05, 0) is 12.5 Å². The molecule has 1 saturated heterocycles. The first-order chi connectivity index (χ1) is 15.1. The number of aromatic amines is 1. The van der Waals surface area contributed by atoms with E-state index in [4.69, 9.17) is 15.0 Å². The van der Waals surface area contributed by atoms with E-state index in [0.717, 1.165) is 5.56 Å². The molecule has 1 fully saturated rings. The number of fused-ring (bicyclic) bond motifs is 1. The number of nitrogens with two attached hydrogens (primary N) is 1. The lowest BCUT2D eigenvalue weighted by molar-refractivity contribution is -0.0948. The molecule has 0 saturated carbocycles. The van der Waals surface area contributed by atoms with Gasteiger partial charge in [0.1, 0.15) is 17.8 Å². The van der Waals surface area contributed by atoms with Crippen LogP contribution in [0.25, 0.3) is 11.2 Å². The van der Waals surface area contributed by atoms with E-state index in [9.17, 15) is 24.5 Å². The number of aliphatic hydroxyl groups excluding tert-OH is 1. The second-order valence-corrected chi connectivity index (χ2v) is 9.22. The van der Waals surface area contributed by atoms with E-state index in [-0.39, 0.29) is 23.7 Å². The fourth-order valence-electron chi connectivity index (χ4n) is 3.50. The molecule has 3 aromatic rings. The number of rotatable bonds is 7. The normalized spacial score (nSPS) is 27.6. The molecule has 7 N–H and O–H groups in total. The van der Waals surface area contributed by atoms with Gasteiger partial charge in [0.05, 0.1) is 12.9 Å². The van der Waals surface area contributed by atoms with Gasteiger partial charge < -0.3 is 25.6 Å². The van der Waals surface area contributed by atoms with Crippen molar-refractivity contribution in [3.63, 3.8) is 0 Å². The maximum absolute atomic E-state index is 12.3. The number of ether oxygens (including phenoxy) is 1. The summed E-state index contributed by atoms with van der Waals surface area (Å²) in [6.45, 7) is 0.911. The molecule has 0 amide bonds. The van der Waals surface area contributed by atoms with Crippen molar-refractivity contribution in [3.8, 4) is 0 Å². The van der Waals surface area contributed by atoms with E-state index in [1.54, 1.807) is 24.3 Å². The van der Waals surface area contributed by atoms with Crippen LogP contribution in [0.3, 0.4) is 0 Å². The van der Waals surface area contributed by atoms with Gasteiger partial charge in [-0.25, -0.2) is 14.6 Å². The standard InChI is InChI=1S/C18H23N6O7P/c1-18(27)13(25)11(8-30-32(28,29)21-7-10-5-3-2-4-6-10)31-16(18)24-9-20-12-14(24)22-17(19)23-15(12)26/h2-6,9,11,13,16,25,27H,7-8H2,1H3,(H2,21,28,29)(H3,19,22,23,26)/t11-,13-,16-,18?/m1/s1. The van der Waals surface area contributed by atoms with Crippen molar-refractivity contribution in [1.29, 1.82) is 0 Å². The number of nitrogens with one attached hydrogen (secondary N) is 2. The van der Waals surface area contributed by atoms with Crippen molar-refractivity contribution in [3.05, 3.63) is 52.6 Å². The molecule has 5 atom stereocenters. The largest absolute Gasteiger partial charge is 0.403 e. The number of anilines is 1. The lowest BCUT2D eigenvalue weighted by atomic mass is 9.96. The van der Waals surface area contributed by atoms with Crippen LogP contribution in [0.15, 0.2) is 41.5 Å². The van der Waals surface area contributed by atoms with Crippen LogP contribution in [0.4, 0.5) is 5.95 Å². The molecule has 0 spiro atoms. The van der Waals surface area contributed by atoms with E-state index < -0.39 is 43.9 Å². The SMILES string of the molecule is CC1(O)[C@H](O)[C@@H](COP(=O)(O)NCc2ccccc2)O[C@H]1n1cnc2c(=O)[nH]c(N)nc21.